The van der Waals surface area contributed by atoms with Gasteiger partial charge in [0.05, 0.1) is 33.9 Å². The van der Waals surface area contributed by atoms with Crippen molar-refractivity contribution >= 4 is 34.8 Å². The first-order valence-corrected chi connectivity index (χ1v) is 10.1. The van der Waals surface area contributed by atoms with E-state index in [0.717, 1.165) is 37.3 Å². The summed E-state index contributed by atoms with van der Waals surface area (Å²) in [6.45, 7) is 1.75. The van der Waals surface area contributed by atoms with Crippen LogP contribution < -0.4 is 10.6 Å². The Bertz CT molecular complexity index is 1030. The number of piperidine rings is 1. The van der Waals surface area contributed by atoms with Gasteiger partial charge < -0.3 is 10.6 Å². The highest BCUT2D eigenvalue weighted by Gasteiger charge is 2.27. The maximum atomic E-state index is 13.3. The van der Waals surface area contributed by atoms with Gasteiger partial charge in [0, 0.05) is 10.9 Å². The summed E-state index contributed by atoms with van der Waals surface area (Å²) >= 11 is 12.1. The number of amides is 1. The Labute approximate surface area is 177 Å². The predicted octanol–water partition coefficient (Wildman–Crippen LogP) is 5.04. The van der Waals surface area contributed by atoms with Crippen molar-refractivity contribution < 1.29 is 9.18 Å². The van der Waals surface area contributed by atoms with Gasteiger partial charge in [0.25, 0.3) is 5.91 Å². The van der Waals surface area contributed by atoms with Crippen LogP contribution in [0.5, 0.6) is 0 Å². The maximum Gasteiger partial charge on any atom is 0.259 e. The van der Waals surface area contributed by atoms with Gasteiger partial charge in [0.1, 0.15) is 5.82 Å². The molecule has 0 saturated carbocycles. The first-order chi connectivity index (χ1) is 14.0. The fourth-order valence-corrected chi connectivity index (χ4v) is 3.93. The van der Waals surface area contributed by atoms with Gasteiger partial charge in [0.2, 0.25) is 0 Å². The molecular formula is C21H19Cl2FN4O. The topological polar surface area (TPSA) is 59.0 Å². The Balaban J connectivity index is 1.72. The fourth-order valence-electron chi connectivity index (χ4n) is 3.59. The van der Waals surface area contributed by atoms with Crippen molar-refractivity contribution in [2.24, 2.45) is 0 Å². The third kappa shape index (κ3) is 4.29. The standard InChI is InChI=1S/C21H19Cl2FN4O/c22-14-1-4-16(5-2-14)28-20(13-7-9-25-10-8-13)17(12-26-28)21(29)27-19-6-3-15(24)11-18(19)23/h1-6,11-13,25H,7-10H2,(H,27,29). The lowest BCUT2D eigenvalue weighted by Gasteiger charge is -2.24. The largest absolute Gasteiger partial charge is 0.321 e. The van der Waals surface area contributed by atoms with Crippen LogP contribution in [0.3, 0.4) is 0 Å². The normalized spacial score (nSPS) is 14.7. The van der Waals surface area contributed by atoms with Crippen molar-refractivity contribution in [3.63, 3.8) is 0 Å². The highest BCUT2D eigenvalue weighted by atomic mass is 35.5. The summed E-state index contributed by atoms with van der Waals surface area (Å²) in [7, 11) is 0. The van der Waals surface area contributed by atoms with Gasteiger partial charge in [-0.2, -0.15) is 5.10 Å². The van der Waals surface area contributed by atoms with E-state index in [0.29, 0.717) is 16.3 Å². The Kier molecular flexibility index (Phi) is 5.85. The number of anilines is 1. The van der Waals surface area contributed by atoms with Crippen molar-refractivity contribution in [3.05, 3.63) is 75.8 Å². The third-order valence-corrected chi connectivity index (χ3v) is 5.59. The minimum Gasteiger partial charge on any atom is -0.321 e. The first kappa shape index (κ1) is 19.9. The smallest absolute Gasteiger partial charge is 0.259 e. The average molecular weight is 433 g/mol. The number of nitrogens with one attached hydrogen (secondary N) is 2. The van der Waals surface area contributed by atoms with Crippen LogP contribution in [0.4, 0.5) is 10.1 Å². The van der Waals surface area contributed by atoms with E-state index in [2.05, 4.69) is 15.7 Å². The highest BCUT2D eigenvalue weighted by Crippen LogP contribution is 2.31. The molecule has 2 N–H and O–H groups in total. The molecule has 3 aromatic rings. The quantitative estimate of drug-likeness (QED) is 0.607. The number of aromatic nitrogens is 2. The molecule has 1 fully saturated rings. The number of rotatable bonds is 4. The molecule has 1 amide bonds. The van der Waals surface area contributed by atoms with Crippen molar-refractivity contribution in [3.8, 4) is 5.69 Å². The van der Waals surface area contributed by atoms with Crippen LogP contribution in [-0.4, -0.2) is 28.8 Å². The minimum absolute atomic E-state index is 0.145. The zero-order valence-corrected chi connectivity index (χ0v) is 17.0. The molecule has 2 heterocycles. The molecule has 1 saturated heterocycles. The van der Waals surface area contributed by atoms with Gasteiger partial charge in [-0.1, -0.05) is 23.2 Å². The summed E-state index contributed by atoms with van der Waals surface area (Å²) in [5.74, 6) is -0.606. The SMILES string of the molecule is O=C(Nc1ccc(F)cc1Cl)c1cnn(-c2ccc(Cl)cc2)c1C1CCNCC1. The van der Waals surface area contributed by atoms with Crippen LogP contribution in [0.1, 0.15) is 34.8 Å². The lowest BCUT2D eigenvalue weighted by Crippen LogP contribution is -2.29. The molecule has 8 heteroatoms. The second-order valence-corrected chi connectivity index (χ2v) is 7.78. The Morgan fingerprint density at radius 1 is 1.14 bits per heavy atom. The molecule has 4 rings (SSSR count). The van der Waals surface area contributed by atoms with E-state index < -0.39 is 5.82 Å². The van der Waals surface area contributed by atoms with Gasteiger partial charge in [0.15, 0.2) is 0 Å². The lowest BCUT2D eigenvalue weighted by atomic mass is 9.91. The Morgan fingerprint density at radius 3 is 2.55 bits per heavy atom. The molecule has 0 bridgehead atoms. The molecule has 0 aliphatic carbocycles. The summed E-state index contributed by atoms with van der Waals surface area (Å²) in [6.07, 6.45) is 3.37. The molecule has 0 spiro atoms. The Hall–Kier alpha value is -2.41. The van der Waals surface area contributed by atoms with E-state index in [4.69, 9.17) is 23.2 Å². The summed E-state index contributed by atoms with van der Waals surface area (Å²) in [4.78, 5) is 13.1. The van der Waals surface area contributed by atoms with Crippen molar-refractivity contribution in [2.45, 2.75) is 18.8 Å². The minimum atomic E-state index is -0.459. The lowest BCUT2D eigenvalue weighted by molar-refractivity contribution is 0.102. The predicted molar refractivity (Wildman–Crippen MR) is 113 cm³/mol. The summed E-state index contributed by atoms with van der Waals surface area (Å²) in [6, 6.07) is 11.2. The highest BCUT2D eigenvalue weighted by molar-refractivity contribution is 6.34. The molecule has 5 nitrogen and oxygen atoms in total. The zero-order chi connectivity index (χ0) is 20.4. The number of halogens is 3. The number of carbonyl (C=O) groups excluding carboxylic acids is 1. The number of carbonyl (C=O) groups is 1. The van der Waals surface area contributed by atoms with Crippen molar-refractivity contribution in [1.29, 1.82) is 0 Å². The van der Waals surface area contributed by atoms with Gasteiger partial charge >= 0.3 is 0 Å². The molecule has 0 atom stereocenters. The van der Waals surface area contributed by atoms with Crippen LogP contribution in [-0.2, 0) is 0 Å². The molecule has 1 aliphatic heterocycles. The van der Waals surface area contributed by atoms with E-state index in [1.54, 1.807) is 23.0 Å². The number of nitrogens with zero attached hydrogens (tertiary/aromatic N) is 2. The second-order valence-electron chi connectivity index (χ2n) is 6.93. The molecular weight excluding hydrogens is 414 g/mol. The Morgan fingerprint density at radius 2 is 1.86 bits per heavy atom. The monoisotopic (exact) mass is 432 g/mol. The average Bonchev–Trinajstić information content (AvgIpc) is 3.16. The van der Waals surface area contributed by atoms with Crippen LogP contribution >= 0.6 is 23.2 Å². The first-order valence-electron chi connectivity index (χ1n) is 9.34. The van der Waals surface area contributed by atoms with Gasteiger partial charge in [-0.3, -0.25) is 4.79 Å². The van der Waals surface area contributed by atoms with Gasteiger partial charge in [-0.05, 0) is 68.4 Å². The summed E-state index contributed by atoms with van der Waals surface area (Å²) in [5.41, 5.74) is 2.52. The number of hydrogen-bond donors (Lipinski definition) is 2. The molecule has 0 unspecified atom stereocenters. The molecule has 29 heavy (non-hydrogen) atoms. The van der Waals surface area contributed by atoms with E-state index >= 15 is 0 Å². The summed E-state index contributed by atoms with van der Waals surface area (Å²) < 4.78 is 15.1. The van der Waals surface area contributed by atoms with Crippen molar-refractivity contribution in [2.75, 3.05) is 18.4 Å². The maximum absolute atomic E-state index is 13.3. The van der Waals surface area contributed by atoms with Gasteiger partial charge in [-0.15, -0.1) is 0 Å². The fraction of sp³-hybridized carbons (Fsp3) is 0.238. The van der Waals surface area contributed by atoms with E-state index in [9.17, 15) is 9.18 Å². The van der Waals surface area contributed by atoms with E-state index in [1.807, 2.05) is 12.1 Å². The van der Waals surface area contributed by atoms with Crippen LogP contribution in [0.25, 0.3) is 5.69 Å². The summed E-state index contributed by atoms with van der Waals surface area (Å²) in [5, 5.41) is 11.4. The molecule has 1 aromatic heterocycles. The van der Waals surface area contributed by atoms with Gasteiger partial charge in [-0.25, -0.2) is 9.07 Å². The molecule has 2 aromatic carbocycles. The number of hydrogen-bond acceptors (Lipinski definition) is 3. The molecule has 0 radical (unpaired) electrons. The zero-order valence-electron chi connectivity index (χ0n) is 15.5. The molecule has 1 aliphatic rings. The molecule has 150 valence electrons. The van der Waals surface area contributed by atoms with Crippen molar-refractivity contribution in [1.82, 2.24) is 15.1 Å². The third-order valence-electron chi connectivity index (χ3n) is 5.03. The van der Waals surface area contributed by atoms with Crippen LogP contribution in [0.2, 0.25) is 10.0 Å². The van der Waals surface area contributed by atoms with E-state index in [1.165, 1.54) is 18.2 Å². The van der Waals surface area contributed by atoms with E-state index in [-0.39, 0.29) is 16.8 Å². The second kappa shape index (κ2) is 8.53. The van der Waals surface area contributed by atoms with Crippen LogP contribution in [0.15, 0.2) is 48.7 Å². The number of benzene rings is 2. The van der Waals surface area contributed by atoms with Crippen LogP contribution in [0, 0.1) is 5.82 Å².